The van der Waals surface area contributed by atoms with E-state index in [9.17, 15) is 4.79 Å². The first-order valence-electron chi connectivity index (χ1n) is 5.87. The van der Waals surface area contributed by atoms with E-state index in [0.717, 1.165) is 0 Å². The van der Waals surface area contributed by atoms with Gasteiger partial charge in [-0.1, -0.05) is 6.07 Å². The molecule has 0 N–H and O–H groups in total. The molecular formula is C13H16ClNO3. The zero-order chi connectivity index (χ0) is 13.1. The summed E-state index contributed by atoms with van der Waals surface area (Å²) in [7, 11) is 1.73. The second-order valence-corrected chi connectivity index (χ2v) is 5.04. The third kappa shape index (κ3) is 2.70. The highest BCUT2D eigenvalue weighted by molar-refractivity contribution is 6.20. The Morgan fingerprint density at radius 3 is 2.89 bits per heavy atom. The lowest BCUT2D eigenvalue weighted by Gasteiger charge is -2.23. The van der Waals surface area contributed by atoms with Crippen molar-refractivity contribution in [2.24, 2.45) is 0 Å². The summed E-state index contributed by atoms with van der Waals surface area (Å²) in [5.74, 6) is 1.05. The van der Waals surface area contributed by atoms with E-state index in [1.54, 1.807) is 30.1 Å². The fraction of sp³-hybridized carbons (Fsp3) is 0.462. The van der Waals surface area contributed by atoms with Gasteiger partial charge in [-0.05, 0) is 19.1 Å². The summed E-state index contributed by atoms with van der Waals surface area (Å²) in [6.07, 6.45) is 0. The molecule has 98 valence electrons. The Labute approximate surface area is 111 Å². The van der Waals surface area contributed by atoms with Crippen LogP contribution in [0.2, 0.25) is 0 Å². The maximum atomic E-state index is 12.3. The number of nitrogens with zero attached hydrogens (tertiary/aromatic N) is 1. The topological polar surface area (TPSA) is 38.8 Å². The van der Waals surface area contributed by atoms with Crippen LogP contribution in [0, 0.1) is 0 Å². The predicted octanol–water partition coefficient (Wildman–Crippen LogP) is 2.16. The van der Waals surface area contributed by atoms with Gasteiger partial charge in [0, 0.05) is 19.0 Å². The Balaban J connectivity index is 2.25. The molecule has 0 aromatic heterocycles. The first kappa shape index (κ1) is 13.0. The molecule has 5 heteroatoms. The summed E-state index contributed by atoms with van der Waals surface area (Å²) < 4.78 is 11.0. The van der Waals surface area contributed by atoms with Crippen LogP contribution in [0.15, 0.2) is 18.2 Å². The molecule has 1 aromatic carbocycles. The quantitative estimate of drug-likeness (QED) is 0.790. The number of benzene rings is 1. The highest BCUT2D eigenvalue weighted by atomic mass is 35.5. The lowest BCUT2D eigenvalue weighted by Crippen LogP contribution is -2.32. The molecule has 0 saturated carbocycles. The molecular weight excluding hydrogens is 254 g/mol. The number of alkyl halides is 1. The van der Waals surface area contributed by atoms with Crippen molar-refractivity contribution >= 4 is 17.5 Å². The molecule has 1 unspecified atom stereocenters. The van der Waals surface area contributed by atoms with Crippen molar-refractivity contribution in [3.05, 3.63) is 23.8 Å². The van der Waals surface area contributed by atoms with E-state index in [0.29, 0.717) is 36.8 Å². The average Bonchev–Trinajstić information content (AvgIpc) is 2.36. The van der Waals surface area contributed by atoms with Gasteiger partial charge in [0.2, 0.25) is 0 Å². The van der Waals surface area contributed by atoms with Crippen LogP contribution in [0.5, 0.6) is 11.5 Å². The smallest absolute Gasteiger partial charge is 0.257 e. The standard InChI is InChI=1S/C13H16ClNO3/c1-9(14)8-15(2)13(16)10-4-3-5-11-12(10)18-7-6-17-11/h3-5,9H,6-8H2,1-2H3. The van der Waals surface area contributed by atoms with Crippen molar-refractivity contribution in [2.45, 2.75) is 12.3 Å². The van der Waals surface area contributed by atoms with Crippen LogP contribution in [-0.4, -0.2) is 43.0 Å². The number of hydrogen-bond acceptors (Lipinski definition) is 3. The lowest BCUT2D eigenvalue weighted by molar-refractivity contribution is 0.0785. The van der Waals surface area contributed by atoms with Crippen LogP contribution in [-0.2, 0) is 0 Å². The van der Waals surface area contributed by atoms with Crippen molar-refractivity contribution < 1.29 is 14.3 Å². The number of ether oxygens (including phenoxy) is 2. The van der Waals surface area contributed by atoms with Crippen LogP contribution in [0.4, 0.5) is 0 Å². The Morgan fingerprint density at radius 1 is 1.44 bits per heavy atom. The van der Waals surface area contributed by atoms with Crippen LogP contribution >= 0.6 is 11.6 Å². The summed E-state index contributed by atoms with van der Waals surface area (Å²) >= 11 is 5.90. The maximum absolute atomic E-state index is 12.3. The molecule has 0 bridgehead atoms. The number of halogens is 1. The molecule has 0 radical (unpaired) electrons. The molecule has 1 heterocycles. The highest BCUT2D eigenvalue weighted by Crippen LogP contribution is 2.34. The van der Waals surface area contributed by atoms with Gasteiger partial charge in [0.15, 0.2) is 11.5 Å². The third-order valence-electron chi connectivity index (χ3n) is 2.67. The Hall–Kier alpha value is -1.42. The second-order valence-electron chi connectivity index (χ2n) is 4.30. The molecule has 0 saturated heterocycles. The molecule has 0 aliphatic carbocycles. The highest BCUT2D eigenvalue weighted by Gasteiger charge is 2.22. The van der Waals surface area contributed by atoms with E-state index in [1.165, 1.54) is 0 Å². The zero-order valence-corrected chi connectivity index (χ0v) is 11.2. The summed E-state index contributed by atoms with van der Waals surface area (Å²) in [5, 5.41) is -0.0874. The number of fused-ring (bicyclic) bond motifs is 1. The minimum atomic E-state index is -0.107. The predicted molar refractivity (Wildman–Crippen MR) is 69.7 cm³/mol. The summed E-state index contributed by atoms with van der Waals surface area (Å²) in [6, 6.07) is 5.33. The van der Waals surface area contributed by atoms with Crippen molar-refractivity contribution in [3.63, 3.8) is 0 Å². The third-order valence-corrected chi connectivity index (χ3v) is 2.81. The van der Waals surface area contributed by atoms with Gasteiger partial charge in [0.1, 0.15) is 13.2 Å². The van der Waals surface area contributed by atoms with E-state index < -0.39 is 0 Å². The number of rotatable bonds is 3. The van der Waals surface area contributed by atoms with Gasteiger partial charge in [0.05, 0.1) is 5.56 Å². The SMILES string of the molecule is CC(Cl)CN(C)C(=O)c1cccc2c1OCCO2. The monoisotopic (exact) mass is 269 g/mol. The van der Waals surface area contributed by atoms with Gasteiger partial charge >= 0.3 is 0 Å². The van der Waals surface area contributed by atoms with Gasteiger partial charge in [-0.25, -0.2) is 0 Å². The Kier molecular flexibility index (Phi) is 3.97. The van der Waals surface area contributed by atoms with Crippen LogP contribution < -0.4 is 9.47 Å². The van der Waals surface area contributed by atoms with Crippen molar-refractivity contribution in [2.75, 3.05) is 26.8 Å². The minimum Gasteiger partial charge on any atom is -0.486 e. The number of hydrogen-bond donors (Lipinski definition) is 0. The summed E-state index contributed by atoms with van der Waals surface area (Å²) in [5.41, 5.74) is 0.520. The van der Waals surface area contributed by atoms with Crippen molar-refractivity contribution in [1.82, 2.24) is 4.90 Å². The normalized spacial score (nSPS) is 15.1. The molecule has 2 rings (SSSR count). The number of carbonyl (C=O) groups is 1. The molecule has 0 spiro atoms. The second kappa shape index (κ2) is 5.48. The van der Waals surface area contributed by atoms with E-state index >= 15 is 0 Å². The van der Waals surface area contributed by atoms with Crippen LogP contribution in [0.1, 0.15) is 17.3 Å². The average molecular weight is 270 g/mol. The summed E-state index contributed by atoms with van der Waals surface area (Å²) in [6.45, 7) is 3.32. The fourth-order valence-corrected chi connectivity index (χ4v) is 2.12. The molecule has 1 aliphatic heterocycles. The van der Waals surface area contributed by atoms with Gasteiger partial charge in [-0.15, -0.1) is 11.6 Å². The first-order valence-corrected chi connectivity index (χ1v) is 6.31. The molecule has 1 aromatic rings. The number of para-hydroxylation sites is 1. The van der Waals surface area contributed by atoms with E-state index in [2.05, 4.69) is 0 Å². The fourth-order valence-electron chi connectivity index (χ4n) is 1.91. The van der Waals surface area contributed by atoms with Crippen LogP contribution in [0.3, 0.4) is 0 Å². The van der Waals surface area contributed by atoms with Gasteiger partial charge in [0.25, 0.3) is 5.91 Å². The largest absolute Gasteiger partial charge is 0.486 e. The van der Waals surface area contributed by atoms with Gasteiger partial charge in [-0.3, -0.25) is 4.79 Å². The number of carbonyl (C=O) groups excluding carboxylic acids is 1. The molecule has 0 fully saturated rings. The Bertz CT molecular complexity index is 448. The molecule has 1 aliphatic rings. The summed E-state index contributed by atoms with van der Waals surface area (Å²) in [4.78, 5) is 13.9. The van der Waals surface area contributed by atoms with E-state index in [1.807, 2.05) is 6.92 Å². The van der Waals surface area contributed by atoms with Crippen LogP contribution in [0.25, 0.3) is 0 Å². The minimum absolute atomic E-state index is 0.0874. The maximum Gasteiger partial charge on any atom is 0.257 e. The van der Waals surface area contributed by atoms with Gasteiger partial charge < -0.3 is 14.4 Å². The van der Waals surface area contributed by atoms with Gasteiger partial charge in [-0.2, -0.15) is 0 Å². The lowest BCUT2D eigenvalue weighted by atomic mass is 10.1. The molecule has 1 amide bonds. The van der Waals surface area contributed by atoms with E-state index in [-0.39, 0.29) is 11.3 Å². The molecule has 1 atom stereocenters. The number of amides is 1. The molecule has 4 nitrogen and oxygen atoms in total. The van der Waals surface area contributed by atoms with Crippen molar-refractivity contribution in [1.29, 1.82) is 0 Å². The van der Waals surface area contributed by atoms with E-state index in [4.69, 9.17) is 21.1 Å². The zero-order valence-electron chi connectivity index (χ0n) is 10.5. The van der Waals surface area contributed by atoms with Crippen molar-refractivity contribution in [3.8, 4) is 11.5 Å². The molecule has 18 heavy (non-hydrogen) atoms. The Morgan fingerprint density at radius 2 is 2.17 bits per heavy atom. The first-order chi connectivity index (χ1) is 8.59.